The van der Waals surface area contributed by atoms with Gasteiger partial charge in [0.2, 0.25) is 5.82 Å². The Morgan fingerprint density at radius 2 is 1.59 bits per heavy atom. The monoisotopic (exact) mass is 404 g/mol. The first-order valence-electron chi connectivity index (χ1n) is 10.6. The summed E-state index contributed by atoms with van der Waals surface area (Å²) < 4.78 is 45.6. The quantitative estimate of drug-likeness (QED) is 0.458. The zero-order valence-electron chi connectivity index (χ0n) is 17.3. The summed E-state index contributed by atoms with van der Waals surface area (Å²) in [6, 6.07) is 11.4. The largest absolute Gasteiger partial charge is 0.490 e. The summed E-state index contributed by atoms with van der Waals surface area (Å²) in [5.41, 5.74) is 2.53. The van der Waals surface area contributed by atoms with Gasteiger partial charge in [0, 0.05) is 11.5 Å². The van der Waals surface area contributed by atoms with E-state index in [0.29, 0.717) is 19.8 Å². The molecular formula is C24H30F2O3. The molecule has 2 aromatic carbocycles. The van der Waals surface area contributed by atoms with Crippen molar-refractivity contribution in [3.05, 3.63) is 64.7 Å². The zero-order chi connectivity index (χ0) is 20.6. The lowest BCUT2D eigenvalue weighted by atomic mass is 9.97. The van der Waals surface area contributed by atoms with Crippen LogP contribution in [0.25, 0.3) is 0 Å². The molecule has 2 aromatic rings. The van der Waals surface area contributed by atoms with Crippen LogP contribution >= 0.6 is 0 Å². The predicted molar refractivity (Wildman–Crippen MR) is 109 cm³/mol. The van der Waals surface area contributed by atoms with Crippen molar-refractivity contribution in [3.8, 4) is 5.75 Å². The zero-order valence-corrected chi connectivity index (χ0v) is 17.3. The maximum atomic E-state index is 14.5. The van der Waals surface area contributed by atoms with Crippen molar-refractivity contribution >= 4 is 0 Å². The van der Waals surface area contributed by atoms with Crippen molar-refractivity contribution in [2.24, 2.45) is 0 Å². The molecule has 5 heteroatoms. The van der Waals surface area contributed by atoms with E-state index in [1.165, 1.54) is 30.5 Å². The average Bonchev–Trinajstić information content (AvgIpc) is 2.76. The third-order valence-corrected chi connectivity index (χ3v) is 5.25. The van der Waals surface area contributed by atoms with Gasteiger partial charge in [-0.3, -0.25) is 0 Å². The van der Waals surface area contributed by atoms with Gasteiger partial charge in [-0.2, -0.15) is 4.39 Å². The van der Waals surface area contributed by atoms with Crippen LogP contribution < -0.4 is 4.74 Å². The van der Waals surface area contributed by atoms with E-state index in [2.05, 4.69) is 31.2 Å². The molecule has 0 unspecified atom stereocenters. The topological polar surface area (TPSA) is 27.7 Å². The van der Waals surface area contributed by atoms with Crippen LogP contribution in [0.3, 0.4) is 0 Å². The van der Waals surface area contributed by atoms with Gasteiger partial charge in [0.1, 0.15) is 0 Å². The molecule has 1 fully saturated rings. The first kappa shape index (κ1) is 21.7. The molecule has 1 saturated heterocycles. The van der Waals surface area contributed by atoms with E-state index >= 15 is 0 Å². The molecule has 0 aromatic heterocycles. The van der Waals surface area contributed by atoms with E-state index in [4.69, 9.17) is 14.2 Å². The highest BCUT2D eigenvalue weighted by Gasteiger charge is 2.28. The maximum Gasteiger partial charge on any atom is 0.201 e. The van der Waals surface area contributed by atoms with Crippen molar-refractivity contribution in [2.45, 2.75) is 58.2 Å². The van der Waals surface area contributed by atoms with Gasteiger partial charge in [-0.25, -0.2) is 4.39 Å². The summed E-state index contributed by atoms with van der Waals surface area (Å²) in [6.45, 7) is 5.35. The Balaban J connectivity index is 1.59. The van der Waals surface area contributed by atoms with Gasteiger partial charge in [-0.1, -0.05) is 51.0 Å². The lowest BCUT2D eigenvalue weighted by molar-refractivity contribution is -0.193. The summed E-state index contributed by atoms with van der Waals surface area (Å²) in [5, 5.41) is 0. The van der Waals surface area contributed by atoms with E-state index in [-0.39, 0.29) is 17.2 Å². The maximum absolute atomic E-state index is 14.5. The van der Waals surface area contributed by atoms with Crippen molar-refractivity contribution in [3.63, 3.8) is 0 Å². The average molecular weight is 404 g/mol. The minimum atomic E-state index is -0.990. The van der Waals surface area contributed by atoms with Gasteiger partial charge >= 0.3 is 0 Å². The van der Waals surface area contributed by atoms with Crippen molar-refractivity contribution < 1.29 is 23.0 Å². The number of rotatable bonds is 9. The highest BCUT2D eigenvalue weighted by molar-refractivity contribution is 5.32. The van der Waals surface area contributed by atoms with Gasteiger partial charge in [0.15, 0.2) is 17.9 Å². The number of hydrogen-bond donors (Lipinski definition) is 0. The number of ether oxygens (including phenoxy) is 3. The second kappa shape index (κ2) is 10.7. The molecule has 0 saturated carbocycles. The normalized spacial score (nSPS) is 19.3. The Bertz CT molecular complexity index is 768. The van der Waals surface area contributed by atoms with Crippen LogP contribution in [0.4, 0.5) is 8.78 Å². The Morgan fingerprint density at radius 1 is 0.897 bits per heavy atom. The van der Waals surface area contributed by atoms with Crippen LogP contribution in [0.15, 0.2) is 36.4 Å². The molecule has 0 amide bonds. The summed E-state index contributed by atoms with van der Waals surface area (Å²) in [4.78, 5) is 0. The number of unbranched alkanes of at least 4 members (excludes halogenated alkanes) is 2. The van der Waals surface area contributed by atoms with Crippen LogP contribution in [0.2, 0.25) is 0 Å². The summed E-state index contributed by atoms with van der Waals surface area (Å²) in [6.07, 6.45) is 4.25. The van der Waals surface area contributed by atoms with Gasteiger partial charge < -0.3 is 14.2 Å². The Labute approximate surface area is 172 Å². The van der Waals surface area contributed by atoms with Crippen LogP contribution in [-0.2, 0) is 15.9 Å². The fraction of sp³-hybridized carbons (Fsp3) is 0.500. The second-order valence-corrected chi connectivity index (χ2v) is 7.52. The molecule has 3 rings (SSSR count). The SMILES string of the molecule is CCCCOc1ccc(C2OCC(c3ccc(CCCC)cc3)CO2)c(F)c1F. The summed E-state index contributed by atoms with van der Waals surface area (Å²) in [7, 11) is 0. The molecule has 0 N–H and O–H groups in total. The van der Waals surface area contributed by atoms with E-state index in [0.717, 1.165) is 24.8 Å². The van der Waals surface area contributed by atoms with Crippen molar-refractivity contribution in [1.82, 2.24) is 0 Å². The molecule has 1 aliphatic rings. The first-order valence-corrected chi connectivity index (χ1v) is 10.6. The minimum Gasteiger partial charge on any atom is -0.490 e. The third kappa shape index (κ3) is 5.55. The summed E-state index contributed by atoms with van der Waals surface area (Å²) >= 11 is 0. The van der Waals surface area contributed by atoms with Crippen LogP contribution in [0, 0.1) is 11.6 Å². The van der Waals surface area contributed by atoms with Crippen molar-refractivity contribution in [1.29, 1.82) is 0 Å². The molecular weight excluding hydrogens is 374 g/mol. The standard InChI is InChI=1S/C24H30F2O3/c1-3-5-7-17-8-10-18(11-9-17)19-15-28-24(29-16-19)20-12-13-21(23(26)22(20)25)27-14-6-4-2/h8-13,19,24H,3-7,14-16H2,1-2H3. The van der Waals surface area contributed by atoms with E-state index in [1.807, 2.05) is 6.92 Å². The third-order valence-electron chi connectivity index (χ3n) is 5.25. The molecule has 0 spiro atoms. The highest BCUT2D eigenvalue weighted by Crippen LogP contribution is 2.34. The number of aryl methyl sites for hydroxylation is 1. The lowest BCUT2D eigenvalue weighted by Gasteiger charge is -2.30. The highest BCUT2D eigenvalue weighted by atomic mass is 19.2. The minimum absolute atomic E-state index is 0.0682. The molecule has 1 aliphatic heterocycles. The van der Waals surface area contributed by atoms with Crippen molar-refractivity contribution in [2.75, 3.05) is 19.8 Å². The van der Waals surface area contributed by atoms with Gasteiger partial charge in [0.25, 0.3) is 0 Å². The van der Waals surface area contributed by atoms with E-state index in [1.54, 1.807) is 0 Å². The molecule has 0 bridgehead atoms. The fourth-order valence-electron chi connectivity index (χ4n) is 3.38. The Hall–Kier alpha value is -1.98. The van der Waals surface area contributed by atoms with E-state index in [9.17, 15) is 8.78 Å². The van der Waals surface area contributed by atoms with Gasteiger partial charge in [-0.15, -0.1) is 0 Å². The van der Waals surface area contributed by atoms with E-state index < -0.39 is 17.9 Å². The fourth-order valence-corrected chi connectivity index (χ4v) is 3.38. The number of benzene rings is 2. The predicted octanol–water partition coefficient (Wildman–Crippen LogP) is 6.32. The smallest absolute Gasteiger partial charge is 0.201 e. The molecule has 29 heavy (non-hydrogen) atoms. The van der Waals surface area contributed by atoms with Crippen LogP contribution in [-0.4, -0.2) is 19.8 Å². The summed E-state index contributed by atoms with van der Waals surface area (Å²) in [5.74, 6) is -1.95. The number of hydrogen-bond acceptors (Lipinski definition) is 3. The first-order chi connectivity index (χ1) is 14.1. The Morgan fingerprint density at radius 3 is 2.24 bits per heavy atom. The number of halogens is 2. The molecule has 1 heterocycles. The van der Waals surface area contributed by atoms with Crippen LogP contribution in [0.1, 0.15) is 68.4 Å². The van der Waals surface area contributed by atoms with Crippen LogP contribution in [0.5, 0.6) is 5.75 Å². The molecule has 0 radical (unpaired) electrons. The van der Waals surface area contributed by atoms with Gasteiger partial charge in [-0.05, 0) is 42.5 Å². The molecule has 0 aliphatic carbocycles. The van der Waals surface area contributed by atoms with Gasteiger partial charge in [0.05, 0.1) is 19.8 Å². The Kier molecular flexibility index (Phi) is 8.01. The molecule has 3 nitrogen and oxygen atoms in total. The second-order valence-electron chi connectivity index (χ2n) is 7.52. The lowest BCUT2D eigenvalue weighted by Crippen LogP contribution is -2.26. The molecule has 158 valence electrons. The molecule has 0 atom stereocenters.